The number of hydrogen-bond acceptors (Lipinski definition) is 19. The average molecular weight is 1530 g/mol. The van der Waals surface area contributed by atoms with Gasteiger partial charge >= 0.3 is 5.97 Å². The maximum absolute atomic E-state index is 14.5. The lowest BCUT2D eigenvalue weighted by Crippen LogP contribution is -2.61. The number of unbranched alkanes of at least 4 members (excludes halogenated alkanes) is 2. The molecule has 5 heterocycles. The number of aliphatic carboxylic acids is 1. The molecule has 0 bridgehead atoms. The van der Waals surface area contributed by atoms with Gasteiger partial charge in [-0.05, 0) is 139 Å². The van der Waals surface area contributed by atoms with Gasteiger partial charge in [0.25, 0.3) is 0 Å². The number of nitrogens with two attached hydrogens (primary N) is 5. The summed E-state index contributed by atoms with van der Waals surface area (Å²) >= 11 is 0. The zero-order valence-corrected chi connectivity index (χ0v) is 62.3. The number of carboxylic acids is 1. The first-order chi connectivity index (χ1) is 52.1. The molecule has 0 saturated carbocycles. The molecule has 7 rings (SSSR count). The largest absolute Gasteiger partial charge is 0.479 e. The van der Waals surface area contributed by atoms with E-state index in [1.165, 1.54) is 27.2 Å². The van der Waals surface area contributed by atoms with E-state index >= 15 is 0 Å². The van der Waals surface area contributed by atoms with Crippen LogP contribution >= 0.6 is 0 Å². The summed E-state index contributed by atoms with van der Waals surface area (Å²) in [7, 11) is 0. The summed E-state index contributed by atoms with van der Waals surface area (Å²) in [6, 6.07) is -6.80. The van der Waals surface area contributed by atoms with Crippen LogP contribution in [0.2, 0.25) is 0 Å². The molecule has 4 aliphatic heterocycles. The summed E-state index contributed by atoms with van der Waals surface area (Å²) in [5.41, 5.74) is 27.9. The number of nitrogens with one attached hydrogen (secondary N) is 11. The second-order valence-electron chi connectivity index (χ2n) is 28.7. The van der Waals surface area contributed by atoms with E-state index in [0.717, 1.165) is 5.56 Å². The van der Waals surface area contributed by atoms with Crippen LogP contribution in [0.5, 0.6) is 0 Å². The van der Waals surface area contributed by atoms with Crippen LogP contribution in [0.25, 0.3) is 0 Å². The van der Waals surface area contributed by atoms with Gasteiger partial charge in [-0.1, -0.05) is 57.9 Å². The van der Waals surface area contributed by atoms with Crippen molar-refractivity contribution in [1.82, 2.24) is 77.8 Å². The first-order valence-corrected chi connectivity index (χ1v) is 37.7. The van der Waals surface area contributed by atoms with Gasteiger partial charge < -0.3 is 112 Å². The number of carbonyl (C=O) groups is 14. The predicted molar refractivity (Wildman–Crippen MR) is 395 cm³/mol. The molecule has 38 heteroatoms. The van der Waals surface area contributed by atoms with Gasteiger partial charge in [0, 0.05) is 57.5 Å². The third-order valence-corrected chi connectivity index (χ3v) is 20.2. The smallest absolute Gasteiger partial charge is 0.334 e. The highest BCUT2D eigenvalue weighted by Crippen LogP contribution is 2.38. The van der Waals surface area contributed by atoms with Gasteiger partial charge in [0.1, 0.15) is 66.5 Å². The monoisotopic (exact) mass is 1530 g/mol. The molecular formula is C71H110N22O16. The number of benzene rings is 1. The van der Waals surface area contributed by atoms with Crippen molar-refractivity contribution in [1.29, 1.82) is 0 Å². The molecule has 1 unspecified atom stereocenters. The SMILES string of the molecule is CCCC[C@H](NC(=O)[C@@H]1CCCN1C(=O)CNC(=O)[C@H](CCCCN)NC(=O)[C@H](Cc1cnc[nH]1)NC(=O)[C@H](CO)NC(=O)[C@H](CC(C)C)NC(=O)[C@H](CCCN=C(N)N)NC(=O)[C@@H]1CCCN1C(=O)[C@H](CCCN=C(N)N)NC(=O)[C@@H]1CCC(=O)N1)C(=O)N1CCC[C@H]1C(=O)NC1(C(=O)O)CCc2ccccc21. The molecule has 12 atom stereocenters. The zero-order valence-electron chi connectivity index (χ0n) is 62.3. The number of aliphatic hydroxyl groups excluding tert-OH is 1. The number of imidazole rings is 1. The van der Waals surface area contributed by atoms with Crippen molar-refractivity contribution in [3.05, 3.63) is 53.6 Å². The number of fused-ring (bicyclic) bond motifs is 1. The Balaban J connectivity index is 0.988. The summed E-state index contributed by atoms with van der Waals surface area (Å²) in [5, 5.41) is 47.8. The Morgan fingerprint density at radius 2 is 1.12 bits per heavy atom. The second-order valence-corrected chi connectivity index (χ2v) is 28.7. The van der Waals surface area contributed by atoms with E-state index in [0.29, 0.717) is 62.6 Å². The lowest BCUT2D eigenvalue weighted by molar-refractivity contribution is -0.150. The Hall–Kier alpha value is -10.5. The number of carbonyl (C=O) groups excluding carboxylic acids is 13. The van der Waals surface area contributed by atoms with Crippen LogP contribution in [0, 0.1) is 5.92 Å². The van der Waals surface area contributed by atoms with Gasteiger partial charge in [0.15, 0.2) is 17.5 Å². The number of aliphatic imine (C=N–C) groups is 2. The van der Waals surface area contributed by atoms with Gasteiger partial charge in [-0.3, -0.25) is 72.3 Å². The molecule has 2 aromatic rings. The van der Waals surface area contributed by atoms with E-state index in [-0.39, 0.29) is 153 Å². The van der Waals surface area contributed by atoms with Crippen LogP contribution in [-0.4, -0.2) is 248 Å². The maximum Gasteiger partial charge on any atom is 0.334 e. The molecule has 1 aromatic carbocycles. The molecule has 109 heavy (non-hydrogen) atoms. The average Bonchev–Trinajstić information content (AvgIpc) is 1.62. The van der Waals surface area contributed by atoms with E-state index in [4.69, 9.17) is 28.7 Å². The number of guanidine groups is 2. The minimum Gasteiger partial charge on any atom is -0.479 e. The van der Waals surface area contributed by atoms with Crippen LogP contribution in [0.1, 0.15) is 166 Å². The Bertz CT molecular complexity index is 3610. The number of rotatable bonds is 42. The quantitative estimate of drug-likeness (QED) is 0.0169. The lowest BCUT2D eigenvalue weighted by atomic mass is 9.91. The molecule has 1 aliphatic carbocycles. The molecule has 0 spiro atoms. The number of aryl methyl sites for hydroxylation is 1. The van der Waals surface area contributed by atoms with Gasteiger partial charge in [0.05, 0.1) is 19.5 Å². The van der Waals surface area contributed by atoms with E-state index in [1.807, 2.05) is 13.0 Å². The van der Waals surface area contributed by atoms with Crippen molar-refractivity contribution in [2.75, 3.05) is 52.4 Å². The number of aromatic nitrogens is 2. The number of aliphatic hydroxyl groups is 1. The molecule has 38 nitrogen and oxygen atoms in total. The maximum atomic E-state index is 14.5. The van der Waals surface area contributed by atoms with Gasteiger partial charge in [-0.2, -0.15) is 0 Å². The second kappa shape index (κ2) is 41.7. The molecule has 600 valence electrons. The number of likely N-dealkylation sites (tertiary alicyclic amines) is 3. The van der Waals surface area contributed by atoms with Crippen molar-refractivity contribution in [3.8, 4) is 0 Å². The Kier molecular flexibility index (Phi) is 32.8. The lowest BCUT2D eigenvalue weighted by Gasteiger charge is -2.33. The standard InChI is InChI=1S/C71H110N22O16/c1-4-5-17-47(66(106)93-33-14-23-54(93)65(105)90-71(68(108)109)27-26-41-15-6-7-16-43(41)71)86-63(103)52-21-12-31-91(52)56(96)37-80-57(97)44(18-8-9-28-72)83-61(101)50(35-42-36-77-39-81-42)88-62(102)51(38-94)89-60(100)49(34-40(2)3)87-58(98)45(19-10-29-78-69(73)74)84-64(104)53-22-13-32-92(53)67(107)48(20-11-30-79-70(75)76)85-59(99)46-24-25-55(95)82-46/h6-7,15-16,36,39-40,44-54,94H,4-5,8-14,17-35,37-38,72H2,1-3H3,(H,77,81)(H,80,97)(H,82,95)(H,83,101)(H,84,104)(H,85,99)(H,86,103)(H,87,98)(H,88,102)(H,89,100)(H,90,105)(H,108,109)(H4,73,74,78)(H4,75,76,79)/t44-,45-,46-,47-,48-,49-,50-,51-,52-,53-,54-,71?/m0/s1. The van der Waals surface area contributed by atoms with Gasteiger partial charge in [-0.15, -0.1) is 0 Å². The van der Waals surface area contributed by atoms with Crippen LogP contribution in [0.3, 0.4) is 0 Å². The minimum absolute atomic E-state index is 0.00360. The van der Waals surface area contributed by atoms with E-state index in [1.54, 1.807) is 32.0 Å². The fourth-order valence-corrected chi connectivity index (χ4v) is 14.4. The van der Waals surface area contributed by atoms with E-state index in [9.17, 15) is 77.3 Å². The zero-order chi connectivity index (χ0) is 79.5. The Labute approximate surface area is 632 Å². The third-order valence-electron chi connectivity index (χ3n) is 20.2. The van der Waals surface area contributed by atoms with Crippen molar-refractivity contribution >= 4 is 94.7 Å². The number of H-pyrrole nitrogens is 1. The van der Waals surface area contributed by atoms with Gasteiger partial charge in [0.2, 0.25) is 76.8 Å². The molecule has 23 N–H and O–H groups in total. The highest BCUT2D eigenvalue weighted by Gasteiger charge is 2.50. The van der Waals surface area contributed by atoms with Crippen LogP contribution in [0.15, 0.2) is 46.8 Å². The number of hydrogen-bond donors (Lipinski definition) is 18. The normalized spacial score (nSPS) is 20.5. The highest BCUT2D eigenvalue weighted by atomic mass is 16.4. The number of amides is 13. The number of aromatic amines is 1. The molecule has 4 saturated heterocycles. The Morgan fingerprint density at radius 3 is 1.69 bits per heavy atom. The molecule has 5 aliphatic rings. The number of carboxylic acid groups (broad SMARTS) is 1. The third kappa shape index (κ3) is 24.2. The van der Waals surface area contributed by atoms with Crippen molar-refractivity contribution in [3.63, 3.8) is 0 Å². The van der Waals surface area contributed by atoms with Crippen LogP contribution in [-0.2, 0) is 85.5 Å². The van der Waals surface area contributed by atoms with Crippen LogP contribution < -0.4 is 81.8 Å². The van der Waals surface area contributed by atoms with E-state index < -0.39 is 162 Å². The van der Waals surface area contributed by atoms with Gasteiger partial charge in [-0.25, -0.2) is 9.78 Å². The van der Waals surface area contributed by atoms with Crippen molar-refractivity contribution in [2.45, 2.75) is 234 Å². The number of nitrogens with zero attached hydrogens (tertiary/aromatic N) is 6. The first-order valence-electron chi connectivity index (χ1n) is 37.7. The fraction of sp³-hybridized carbons (Fsp3) is 0.648. The first kappa shape index (κ1) is 85.7. The van der Waals surface area contributed by atoms with Crippen molar-refractivity contribution < 1.29 is 77.3 Å². The summed E-state index contributed by atoms with van der Waals surface area (Å²) in [4.78, 5) is 215. The van der Waals surface area contributed by atoms with Crippen LogP contribution in [0.4, 0.5) is 0 Å². The van der Waals surface area contributed by atoms with E-state index in [2.05, 4.69) is 73.1 Å². The summed E-state index contributed by atoms with van der Waals surface area (Å²) in [6.45, 7) is 4.52. The fourth-order valence-electron chi connectivity index (χ4n) is 14.4. The molecular weight excluding hydrogens is 1420 g/mol. The van der Waals surface area contributed by atoms with Crippen molar-refractivity contribution in [2.24, 2.45) is 44.6 Å². The molecule has 4 fully saturated rings. The topological polar surface area (TPSA) is 593 Å². The molecule has 13 amide bonds. The summed E-state index contributed by atoms with van der Waals surface area (Å²) in [5.74, 6) is -11.2. The highest BCUT2D eigenvalue weighted by molar-refractivity contribution is 6.01. The minimum atomic E-state index is -1.77. The predicted octanol–water partition coefficient (Wildman–Crippen LogP) is -4.78. The summed E-state index contributed by atoms with van der Waals surface area (Å²) in [6.07, 6.45) is 7.57. The molecule has 1 aromatic heterocycles. The molecule has 0 radical (unpaired) electrons. The Morgan fingerprint density at radius 1 is 0.606 bits per heavy atom. The summed E-state index contributed by atoms with van der Waals surface area (Å²) < 4.78 is 0.